The lowest BCUT2D eigenvalue weighted by atomic mass is 10.0. The zero-order chi connectivity index (χ0) is 25.0. The molecule has 4 nitrogen and oxygen atoms in total. The second-order valence-corrected chi connectivity index (χ2v) is 8.10. The third-order valence-electron chi connectivity index (χ3n) is 5.84. The van der Waals surface area contributed by atoms with Crippen LogP contribution in [0.2, 0.25) is 0 Å². The van der Waals surface area contributed by atoms with Crippen LogP contribution >= 0.6 is 0 Å². The lowest BCUT2D eigenvalue weighted by Crippen LogP contribution is -2.10. The summed E-state index contributed by atoms with van der Waals surface area (Å²) < 4.78 is 81.1. The van der Waals surface area contributed by atoms with Gasteiger partial charge in [0.2, 0.25) is 11.6 Å². The van der Waals surface area contributed by atoms with Gasteiger partial charge in [0.05, 0.1) is 11.1 Å². The first kappa shape index (κ1) is 22.6. The summed E-state index contributed by atoms with van der Waals surface area (Å²) in [6.45, 7) is 0.697. The third-order valence-corrected chi connectivity index (χ3v) is 5.84. The molecule has 0 aliphatic carbocycles. The Morgan fingerprint density at radius 1 is 0.971 bits per heavy atom. The molecule has 35 heavy (non-hydrogen) atoms. The zero-order valence-electron chi connectivity index (χ0n) is 18.4. The van der Waals surface area contributed by atoms with E-state index in [9.17, 15) is 26.7 Å². The van der Waals surface area contributed by atoms with Gasteiger partial charge in [-0.25, -0.2) is 22.0 Å². The highest BCUT2D eigenvalue weighted by Crippen LogP contribution is 2.38. The van der Waals surface area contributed by atoms with Crippen LogP contribution in [0.3, 0.4) is 0 Å². The molecule has 178 valence electrons. The highest BCUT2D eigenvalue weighted by atomic mass is 19.2. The predicted molar refractivity (Wildman–Crippen MR) is 118 cm³/mol. The minimum Gasteiger partial charge on any atom is -0.489 e. The second-order valence-electron chi connectivity index (χ2n) is 8.10. The smallest absolute Gasteiger partial charge is 0.232 e. The summed E-state index contributed by atoms with van der Waals surface area (Å²) in [5.41, 5.74) is 1.40. The molecule has 1 aromatic heterocycles. The molecule has 2 heterocycles. The van der Waals surface area contributed by atoms with Crippen molar-refractivity contribution in [3.63, 3.8) is 0 Å². The van der Waals surface area contributed by atoms with E-state index in [0.717, 1.165) is 16.5 Å². The molecule has 0 amide bonds. The number of para-hydroxylation sites is 1. The van der Waals surface area contributed by atoms with E-state index in [1.807, 2.05) is 42.1 Å². The Morgan fingerprint density at radius 2 is 1.63 bits per heavy atom. The molecule has 0 bridgehead atoms. The van der Waals surface area contributed by atoms with Crippen molar-refractivity contribution in [1.29, 1.82) is 0 Å². The normalized spacial score (nSPS) is 14.0. The van der Waals surface area contributed by atoms with Gasteiger partial charge in [-0.3, -0.25) is 4.79 Å². The number of carbonyl (C=O) groups excluding carboxylic acids is 1. The molecule has 0 unspecified atom stereocenters. The molecule has 0 atom stereocenters. The van der Waals surface area contributed by atoms with Crippen molar-refractivity contribution in [2.24, 2.45) is 7.05 Å². The fourth-order valence-corrected chi connectivity index (χ4v) is 4.12. The summed E-state index contributed by atoms with van der Waals surface area (Å²) in [5, 5.41) is 0.929. The molecule has 0 fully saturated rings. The molecule has 1 aliphatic rings. The lowest BCUT2D eigenvalue weighted by molar-refractivity contribution is 0.101. The second kappa shape index (κ2) is 8.26. The molecule has 0 saturated carbocycles. The summed E-state index contributed by atoms with van der Waals surface area (Å²) >= 11 is 0. The van der Waals surface area contributed by atoms with Gasteiger partial charge in [-0.05, 0) is 30.7 Å². The number of benzene rings is 3. The third kappa shape index (κ3) is 3.63. The minimum absolute atomic E-state index is 0.0319. The number of Topliss-reactive ketones (excluding diaryl/α,β-unsaturated/α-hetero) is 1. The van der Waals surface area contributed by atoms with Crippen molar-refractivity contribution in [3.8, 4) is 11.5 Å². The molecule has 0 N–H and O–H groups in total. The van der Waals surface area contributed by atoms with Crippen molar-refractivity contribution >= 4 is 22.8 Å². The average molecular weight is 485 g/mol. The maximum atomic E-state index is 13.9. The van der Waals surface area contributed by atoms with Crippen molar-refractivity contribution in [2.75, 3.05) is 0 Å². The maximum absolute atomic E-state index is 13.9. The van der Waals surface area contributed by atoms with Gasteiger partial charge in [-0.15, -0.1) is 0 Å². The molecular weight excluding hydrogens is 469 g/mol. The largest absolute Gasteiger partial charge is 0.489 e. The Kier molecular flexibility index (Phi) is 5.35. The number of fused-ring (bicyclic) bond motifs is 2. The summed E-state index contributed by atoms with van der Waals surface area (Å²) in [6, 6.07) is 10.4. The predicted octanol–water partition coefficient (Wildman–Crippen LogP) is 6.38. The van der Waals surface area contributed by atoms with Crippen LogP contribution in [0.25, 0.3) is 17.0 Å². The monoisotopic (exact) mass is 485 g/mol. The SMILES string of the molecule is Cc1cc(OCc2c(F)c(F)c(F)c(F)c2F)cc2c1C(=O)/C(=C/c1cn(C)c3ccccc13)O2. The fraction of sp³-hybridized carbons (Fsp3) is 0.115. The van der Waals surface area contributed by atoms with E-state index in [0.29, 0.717) is 11.1 Å². The van der Waals surface area contributed by atoms with Crippen molar-refractivity contribution in [3.05, 3.63) is 99.7 Å². The van der Waals surface area contributed by atoms with Gasteiger partial charge in [0.25, 0.3) is 0 Å². The van der Waals surface area contributed by atoms with Crippen LogP contribution in [-0.2, 0) is 13.7 Å². The number of aromatic nitrogens is 1. The van der Waals surface area contributed by atoms with Gasteiger partial charge in [0.1, 0.15) is 18.1 Å². The first-order valence-electron chi connectivity index (χ1n) is 10.4. The van der Waals surface area contributed by atoms with Gasteiger partial charge in [0, 0.05) is 35.8 Å². The van der Waals surface area contributed by atoms with E-state index in [-0.39, 0.29) is 23.0 Å². The number of nitrogens with zero attached hydrogens (tertiary/aromatic N) is 1. The zero-order valence-corrected chi connectivity index (χ0v) is 18.4. The average Bonchev–Trinajstić information content (AvgIpc) is 3.33. The van der Waals surface area contributed by atoms with Crippen molar-refractivity contribution in [1.82, 2.24) is 4.57 Å². The molecule has 1 aliphatic heterocycles. The van der Waals surface area contributed by atoms with Crippen LogP contribution in [-0.4, -0.2) is 10.4 Å². The number of halogens is 5. The number of hydrogen-bond donors (Lipinski definition) is 0. The highest BCUT2D eigenvalue weighted by molar-refractivity contribution is 6.16. The number of aryl methyl sites for hydroxylation is 2. The first-order valence-corrected chi connectivity index (χ1v) is 10.4. The van der Waals surface area contributed by atoms with Gasteiger partial charge < -0.3 is 14.0 Å². The van der Waals surface area contributed by atoms with Gasteiger partial charge >= 0.3 is 0 Å². The van der Waals surface area contributed by atoms with E-state index in [1.54, 1.807) is 13.0 Å². The van der Waals surface area contributed by atoms with E-state index in [4.69, 9.17) is 9.47 Å². The van der Waals surface area contributed by atoms with E-state index in [2.05, 4.69) is 0 Å². The molecular formula is C26H16F5NO3. The lowest BCUT2D eigenvalue weighted by Gasteiger charge is -2.11. The Balaban J connectivity index is 1.44. The maximum Gasteiger partial charge on any atom is 0.232 e. The summed E-state index contributed by atoms with van der Waals surface area (Å²) in [4.78, 5) is 13.0. The van der Waals surface area contributed by atoms with Crippen LogP contribution in [0.1, 0.15) is 27.0 Å². The summed E-state index contributed by atoms with van der Waals surface area (Å²) in [5.74, 6) is -10.4. The van der Waals surface area contributed by atoms with Gasteiger partial charge in [0.15, 0.2) is 29.0 Å². The van der Waals surface area contributed by atoms with Crippen LogP contribution in [0.4, 0.5) is 22.0 Å². The Hall–Kier alpha value is -4.14. The standard InChI is InChI=1S/C26H16F5NO3/c1-12-7-14(34-11-16-21(27)23(29)25(31)24(30)22(16)28)9-18-20(12)26(33)19(35-18)8-13-10-32(2)17-6-4-3-5-15(13)17/h3-10H,11H2,1-2H3/b19-8-. The highest BCUT2D eigenvalue weighted by Gasteiger charge is 2.31. The number of allylic oxidation sites excluding steroid dienone is 1. The summed E-state index contributed by atoms with van der Waals surface area (Å²) in [6.07, 6.45) is 3.49. The molecule has 0 spiro atoms. The Morgan fingerprint density at radius 3 is 2.34 bits per heavy atom. The quantitative estimate of drug-likeness (QED) is 0.146. The van der Waals surface area contributed by atoms with Gasteiger partial charge in [-0.2, -0.15) is 0 Å². The van der Waals surface area contributed by atoms with E-state index >= 15 is 0 Å². The number of ketones is 1. The van der Waals surface area contributed by atoms with E-state index in [1.165, 1.54) is 12.1 Å². The van der Waals surface area contributed by atoms with Crippen LogP contribution < -0.4 is 9.47 Å². The van der Waals surface area contributed by atoms with Crippen LogP contribution in [0, 0.1) is 36.0 Å². The summed E-state index contributed by atoms with van der Waals surface area (Å²) in [7, 11) is 1.88. The van der Waals surface area contributed by atoms with Crippen molar-refractivity contribution < 1.29 is 36.2 Å². The molecule has 0 radical (unpaired) electrons. The first-order chi connectivity index (χ1) is 16.7. The van der Waals surface area contributed by atoms with E-state index < -0.39 is 41.3 Å². The van der Waals surface area contributed by atoms with Gasteiger partial charge in [-0.1, -0.05) is 18.2 Å². The number of rotatable bonds is 4. The van der Waals surface area contributed by atoms with Crippen LogP contribution in [0.5, 0.6) is 11.5 Å². The van der Waals surface area contributed by atoms with Crippen LogP contribution in [0.15, 0.2) is 48.4 Å². The number of ether oxygens (including phenoxy) is 2. The molecule has 5 rings (SSSR count). The molecule has 4 aromatic rings. The number of carbonyl (C=O) groups is 1. The Labute approximate surface area is 195 Å². The minimum atomic E-state index is -2.24. The molecule has 0 saturated heterocycles. The molecule has 3 aromatic carbocycles. The number of hydrogen-bond acceptors (Lipinski definition) is 3. The topological polar surface area (TPSA) is 40.5 Å². The van der Waals surface area contributed by atoms with Crippen molar-refractivity contribution in [2.45, 2.75) is 13.5 Å². The Bertz CT molecular complexity index is 1540. The fourth-order valence-electron chi connectivity index (χ4n) is 4.12. The molecule has 9 heteroatoms.